The Balaban J connectivity index is 1.30. The molecule has 150 valence electrons. The van der Waals surface area contributed by atoms with Crippen molar-refractivity contribution in [3.63, 3.8) is 0 Å². The average Bonchev–Trinajstić information content (AvgIpc) is 3.16. The number of hydrogen-bond acceptors (Lipinski definition) is 5. The van der Waals surface area contributed by atoms with Crippen LogP contribution < -0.4 is 10.1 Å². The monoisotopic (exact) mass is 382 g/mol. The minimum atomic E-state index is -0.280. The quantitative estimate of drug-likeness (QED) is 0.817. The van der Waals surface area contributed by atoms with E-state index in [1.165, 1.54) is 16.7 Å². The summed E-state index contributed by atoms with van der Waals surface area (Å²) in [6.07, 6.45) is 5.98. The van der Waals surface area contributed by atoms with Gasteiger partial charge in [-0.2, -0.15) is 0 Å². The van der Waals surface area contributed by atoms with Crippen molar-refractivity contribution in [3.8, 4) is 5.75 Å². The maximum absolute atomic E-state index is 6.05. The predicted octanol–water partition coefficient (Wildman–Crippen LogP) is 4.05. The highest BCUT2D eigenvalue weighted by molar-refractivity contribution is 5.43. The second-order valence-corrected chi connectivity index (χ2v) is 7.93. The molecule has 2 heterocycles. The number of aryl methyl sites for hydroxylation is 2. The Labute approximate surface area is 167 Å². The molecule has 0 amide bonds. The molecular weight excluding hydrogens is 352 g/mol. The van der Waals surface area contributed by atoms with Gasteiger partial charge >= 0.3 is 0 Å². The molecule has 1 aliphatic carbocycles. The van der Waals surface area contributed by atoms with Gasteiger partial charge in [-0.1, -0.05) is 18.2 Å². The first-order valence-corrected chi connectivity index (χ1v) is 10.3. The van der Waals surface area contributed by atoms with E-state index in [1.807, 2.05) is 18.2 Å². The molecule has 2 aliphatic rings. The van der Waals surface area contributed by atoms with Gasteiger partial charge < -0.3 is 19.5 Å². The van der Waals surface area contributed by atoms with Gasteiger partial charge in [-0.25, -0.2) is 0 Å². The molecule has 5 nitrogen and oxygen atoms in total. The second-order valence-electron chi connectivity index (χ2n) is 7.93. The van der Waals surface area contributed by atoms with Crippen molar-refractivity contribution in [2.75, 3.05) is 13.2 Å². The lowest BCUT2D eigenvalue weighted by Crippen LogP contribution is -2.41. The smallest absolute Gasteiger partial charge is 0.168 e. The third-order valence-corrected chi connectivity index (χ3v) is 5.77. The van der Waals surface area contributed by atoms with Crippen LogP contribution in [0, 0.1) is 13.8 Å². The maximum Gasteiger partial charge on any atom is 0.168 e. The molecule has 5 heteroatoms. The SMILES string of the molecule is Cc1cc(CNC2CCC3(CC2)OCCO3)cc(C)c1OCc1ccccn1. The molecule has 4 rings (SSSR count). The molecule has 0 bridgehead atoms. The Kier molecular flexibility index (Phi) is 5.95. The number of nitrogens with one attached hydrogen (secondary N) is 1. The van der Waals surface area contributed by atoms with Crippen LogP contribution in [0.15, 0.2) is 36.5 Å². The van der Waals surface area contributed by atoms with Crippen molar-refractivity contribution in [2.45, 2.75) is 64.5 Å². The summed E-state index contributed by atoms with van der Waals surface area (Å²) in [5, 5.41) is 3.71. The zero-order chi connectivity index (χ0) is 19.4. The Bertz CT molecular complexity index is 755. The van der Waals surface area contributed by atoms with Crippen LogP contribution in [-0.4, -0.2) is 30.0 Å². The predicted molar refractivity (Wildman–Crippen MR) is 108 cm³/mol. The van der Waals surface area contributed by atoms with E-state index < -0.39 is 0 Å². The maximum atomic E-state index is 6.05. The van der Waals surface area contributed by atoms with E-state index in [0.717, 1.165) is 56.9 Å². The van der Waals surface area contributed by atoms with Crippen LogP contribution >= 0.6 is 0 Å². The molecule has 1 aromatic carbocycles. The van der Waals surface area contributed by atoms with Gasteiger partial charge in [-0.15, -0.1) is 0 Å². The Hall–Kier alpha value is -1.95. The summed E-state index contributed by atoms with van der Waals surface area (Å²) >= 11 is 0. The van der Waals surface area contributed by atoms with Gasteiger partial charge in [-0.05, 0) is 55.5 Å². The van der Waals surface area contributed by atoms with Gasteiger partial charge in [0.05, 0.1) is 18.9 Å². The largest absolute Gasteiger partial charge is 0.487 e. The van der Waals surface area contributed by atoms with E-state index in [0.29, 0.717) is 12.6 Å². The van der Waals surface area contributed by atoms with E-state index in [2.05, 4.69) is 36.3 Å². The van der Waals surface area contributed by atoms with Crippen molar-refractivity contribution < 1.29 is 14.2 Å². The topological polar surface area (TPSA) is 52.6 Å². The number of hydrogen-bond donors (Lipinski definition) is 1. The number of aromatic nitrogens is 1. The zero-order valence-corrected chi connectivity index (χ0v) is 16.9. The molecule has 0 radical (unpaired) electrons. The van der Waals surface area contributed by atoms with Crippen molar-refractivity contribution >= 4 is 0 Å². The molecule has 2 aromatic rings. The highest BCUT2D eigenvalue weighted by Crippen LogP contribution is 2.35. The van der Waals surface area contributed by atoms with Gasteiger partial charge in [0.2, 0.25) is 0 Å². The van der Waals surface area contributed by atoms with Crippen molar-refractivity contribution in [1.82, 2.24) is 10.3 Å². The Morgan fingerprint density at radius 1 is 1.11 bits per heavy atom. The molecule has 1 aliphatic heterocycles. The molecule has 1 N–H and O–H groups in total. The zero-order valence-electron chi connectivity index (χ0n) is 16.9. The number of pyridine rings is 1. The van der Waals surface area contributed by atoms with E-state index in [1.54, 1.807) is 6.20 Å². The average molecular weight is 383 g/mol. The van der Waals surface area contributed by atoms with E-state index >= 15 is 0 Å². The molecule has 1 saturated heterocycles. The van der Waals surface area contributed by atoms with Crippen LogP contribution in [0.3, 0.4) is 0 Å². The highest BCUT2D eigenvalue weighted by atomic mass is 16.7. The second kappa shape index (κ2) is 8.60. The standard InChI is InChI=1S/C23H30N2O3/c1-17-13-19(14-18(2)22(17)26-16-21-5-3-4-10-24-21)15-25-20-6-8-23(9-7-20)27-11-12-28-23/h3-5,10,13-14,20,25H,6-9,11-12,15-16H2,1-2H3. The first-order chi connectivity index (χ1) is 13.6. The van der Waals surface area contributed by atoms with Crippen LogP contribution in [0.1, 0.15) is 48.1 Å². The van der Waals surface area contributed by atoms with Crippen LogP contribution in [0.2, 0.25) is 0 Å². The summed E-state index contributed by atoms with van der Waals surface area (Å²) in [5.41, 5.74) is 4.58. The Morgan fingerprint density at radius 2 is 1.82 bits per heavy atom. The highest BCUT2D eigenvalue weighted by Gasteiger charge is 2.40. The van der Waals surface area contributed by atoms with Crippen molar-refractivity contribution in [3.05, 3.63) is 58.9 Å². The van der Waals surface area contributed by atoms with Gasteiger partial charge in [0.1, 0.15) is 12.4 Å². The van der Waals surface area contributed by atoms with Crippen molar-refractivity contribution in [1.29, 1.82) is 0 Å². The van der Waals surface area contributed by atoms with Gasteiger partial charge in [-0.3, -0.25) is 4.98 Å². The van der Waals surface area contributed by atoms with Gasteiger partial charge in [0.15, 0.2) is 5.79 Å². The number of rotatable bonds is 6. The normalized spacial score (nSPS) is 19.2. The van der Waals surface area contributed by atoms with Crippen LogP contribution in [0.5, 0.6) is 5.75 Å². The van der Waals surface area contributed by atoms with Crippen LogP contribution in [0.4, 0.5) is 0 Å². The third kappa shape index (κ3) is 4.54. The molecule has 2 fully saturated rings. The number of benzene rings is 1. The fourth-order valence-electron chi connectivity index (χ4n) is 4.31. The first kappa shape index (κ1) is 19.4. The summed E-state index contributed by atoms with van der Waals surface area (Å²) in [5.74, 6) is 0.683. The summed E-state index contributed by atoms with van der Waals surface area (Å²) in [6, 6.07) is 10.9. The molecule has 1 saturated carbocycles. The van der Waals surface area contributed by atoms with Crippen molar-refractivity contribution in [2.24, 2.45) is 0 Å². The summed E-state index contributed by atoms with van der Waals surface area (Å²) in [7, 11) is 0. The lowest BCUT2D eigenvalue weighted by atomic mass is 9.90. The number of nitrogens with zero attached hydrogens (tertiary/aromatic N) is 1. The first-order valence-electron chi connectivity index (χ1n) is 10.3. The van der Waals surface area contributed by atoms with E-state index in [-0.39, 0.29) is 5.79 Å². The molecule has 1 aromatic heterocycles. The minimum Gasteiger partial charge on any atom is -0.487 e. The molecule has 28 heavy (non-hydrogen) atoms. The molecular formula is C23H30N2O3. The third-order valence-electron chi connectivity index (χ3n) is 5.77. The van der Waals surface area contributed by atoms with E-state index in [4.69, 9.17) is 14.2 Å². The summed E-state index contributed by atoms with van der Waals surface area (Å²) < 4.78 is 17.7. The number of ether oxygens (including phenoxy) is 3. The Morgan fingerprint density at radius 3 is 2.46 bits per heavy atom. The van der Waals surface area contributed by atoms with Gasteiger partial charge in [0.25, 0.3) is 0 Å². The summed E-state index contributed by atoms with van der Waals surface area (Å²) in [6.45, 7) is 7.08. The van der Waals surface area contributed by atoms with Crippen LogP contribution in [0.25, 0.3) is 0 Å². The molecule has 0 unspecified atom stereocenters. The summed E-state index contributed by atoms with van der Waals surface area (Å²) in [4.78, 5) is 4.33. The molecule has 1 spiro atoms. The minimum absolute atomic E-state index is 0.280. The lowest BCUT2D eigenvalue weighted by molar-refractivity contribution is -0.179. The van der Waals surface area contributed by atoms with E-state index in [9.17, 15) is 0 Å². The fraction of sp³-hybridized carbons (Fsp3) is 0.522. The molecule has 0 atom stereocenters. The van der Waals surface area contributed by atoms with Crippen LogP contribution in [-0.2, 0) is 22.6 Å². The fourth-order valence-corrected chi connectivity index (χ4v) is 4.31. The van der Waals surface area contributed by atoms with Gasteiger partial charge in [0, 0.05) is 31.6 Å². The lowest BCUT2D eigenvalue weighted by Gasteiger charge is -2.35.